The zero-order valence-electron chi connectivity index (χ0n) is 11.3. The van der Waals surface area contributed by atoms with E-state index in [0.717, 1.165) is 24.0 Å². The fourth-order valence-corrected chi connectivity index (χ4v) is 2.69. The van der Waals surface area contributed by atoms with Gasteiger partial charge in [-0.15, -0.1) is 0 Å². The Morgan fingerprint density at radius 2 is 1.40 bits per heavy atom. The molecule has 1 aliphatic rings. The van der Waals surface area contributed by atoms with Crippen LogP contribution in [-0.4, -0.2) is 6.16 Å². The Labute approximate surface area is 118 Å². The number of hydrogen-bond acceptors (Lipinski definition) is 3. The summed E-state index contributed by atoms with van der Waals surface area (Å²) in [6.45, 7) is 2.15. The third kappa shape index (κ3) is 2.27. The molecule has 0 aromatic heterocycles. The smallest absolute Gasteiger partial charge is 0.394 e. The van der Waals surface area contributed by atoms with E-state index in [9.17, 15) is 4.79 Å². The molecule has 3 heteroatoms. The summed E-state index contributed by atoms with van der Waals surface area (Å²) in [5.41, 5.74) is 2.08. The maximum Gasteiger partial charge on any atom is 0.519 e. The Balaban J connectivity index is 2.18. The minimum absolute atomic E-state index is 0.181. The van der Waals surface area contributed by atoms with Crippen LogP contribution in [-0.2, 0) is 0 Å². The van der Waals surface area contributed by atoms with Gasteiger partial charge in [-0.3, -0.25) is 0 Å². The van der Waals surface area contributed by atoms with E-state index >= 15 is 0 Å². The number of ether oxygens (including phenoxy) is 2. The van der Waals surface area contributed by atoms with Crippen LogP contribution >= 0.6 is 0 Å². The van der Waals surface area contributed by atoms with E-state index in [2.05, 4.69) is 6.92 Å². The Morgan fingerprint density at radius 1 is 0.900 bits per heavy atom. The summed E-state index contributed by atoms with van der Waals surface area (Å²) in [6.07, 6.45) is 1.34. The molecule has 0 aliphatic carbocycles. The summed E-state index contributed by atoms with van der Waals surface area (Å²) in [5, 5.41) is 0. The van der Waals surface area contributed by atoms with Gasteiger partial charge in [0.1, 0.15) is 11.5 Å². The number of para-hydroxylation sites is 2. The third-order valence-corrected chi connectivity index (χ3v) is 3.55. The van der Waals surface area contributed by atoms with Crippen molar-refractivity contribution in [1.29, 1.82) is 0 Å². The van der Waals surface area contributed by atoms with Crippen LogP contribution in [0.1, 0.15) is 36.8 Å². The topological polar surface area (TPSA) is 35.5 Å². The standard InChI is InChI=1S/C17H16O3/c1-2-7-12-13-8-3-5-10-15(13)19-17(18)20-16-11-6-4-9-14(12)16/h3-6,8-12H,2,7H2,1H3. The lowest BCUT2D eigenvalue weighted by Gasteiger charge is -2.24. The van der Waals surface area contributed by atoms with Crippen molar-refractivity contribution in [2.24, 2.45) is 0 Å². The Morgan fingerprint density at radius 3 is 1.90 bits per heavy atom. The summed E-state index contributed by atoms with van der Waals surface area (Å²) in [5.74, 6) is 1.36. The van der Waals surface area contributed by atoms with Crippen molar-refractivity contribution in [1.82, 2.24) is 0 Å². The molecule has 0 saturated heterocycles. The normalized spacial score (nSPS) is 14.3. The SMILES string of the molecule is CCCC1c2ccccc2OC(=O)Oc2ccccc21. The number of benzene rings is 2. The molecular weight excluding hydrogens is 252 g/mol. The fourth-order valence-electron chi connectivity index (χ4n) is 2.69. The quantitative estimate of drug-likeness (QED) is 0.593. The van der Waals surface area contributed by atoms with Crippen molar-refractivity contribution >= 4 is 6.16 Å². The zero-order valence-corrected chi connectivity index (χ0v) is 11.3. The Hall–Kier alpha value is -2.29. The zero-order chi connectivity index (χ0) is 13.9. The summed E-state index contributed by atoms with van der Waals surface area (Å²) in [7, 11) is 0. The highest BCUT2D eigenvalue weighted by molar-refractivity contribution is 5.70. The van der Waals surface area contributed by atoms with Gasteiger partial charge in [-0.1, -0.05) is 49.7 Å². The lowest BCUT2D eigenvalue weighted by atomic mass is 9.86. The molecule has 0 fully saturated rings. The largest absolute Gasteiger partial charge is 0.519 e. The fraction of sp³-hybridized carbons (Fsp3) is 0.235. The van der Waals surface area contributed by atoms with E-state index in [-0.39, 0.29) is 5.92 Å². The van der Waals surface area contributed by atoms with Crippen molar-refractivity contribution in [2.75, 3.05) is 0 Å². The first kappa shape index (κ1) is 12.7. The average Bonchev–Trinajstić information content (AvgIpc) is 2.45. The molecule has 2 aromatic rings. The van der Waals surface area contributed by atoms with Gasteiger partial charge in [0.2, 0.25) is 0 Å². The second kappa shape index (κ2) is 5.37. The predicted octanol–water partition coefficient (Wildman–Crippen LogP) is 4.51. The summed E-state index contributed by atoms with van der Waals surface area (Å²) in [6, 6.07) is 15.3. The second-order valence-electron chi connectivity index (χ2n) is 4.87. The maximum atomic E-state index is 11.8. The average molecular weight is 268 g/mol. The van der Waals surface area contributed by atoms with E-state index in [1.807, 2.05) is 48.5 Å². The molecule has 20 heavy (non-hydrogen) atoms. The van der Waals surface area contributed by atoms with Gasteiger partial charge in [-0.25, -0.2) is 4.79 Å². The Kier molecular flexibility index (Phi) is 3.42. The van der Waals surface area contributed by atoms with Crippen LogP contribution in [0.2, 0.25) is 0 Å². The highest BCUT2D eigenvalue weighted by Gasteiger charge is 2.26. The molecule has 0 bridgehead atoms. The summed E-state index contributed by atoms with van der Waals surface area (Å²) in [4.78, 5) is 11.8. The third-order valence-electron chi connectivity index (χ3n) is 3.55. The van der Waals surface area contributed by atoms with E-state index in [1.54, 1.807) is 0 Å². The molecular formula is C17H16O3. The molecule has 3 rings (SSSR count). The van der Waals surface area contributed by atoms with E-state index < -0.39 is 6.16 Å². The molecule has 102 valence electrons. The molecule has 0 N–H and O–H groups in total. The van der Waals surface area contributed by atoms with Crippen LogP contribution in [0.5, 0.6) is 11.5 Å². The van der Waals surface area contributed by atoms with Gasteiger partial charge in [0.25, 0.3) is 0 Å². The summed E-state index contributed by atoms with van der Waals surface area (Å²) < 4.78 is 10.6. The van der Waals surface area contributed by atoms with Crippen molar-refractivity contribution in [2.45, 2.75) is 25.7 Å². The molecule has 0 saturated carbocycles. The van der Waals surface area contributed by atoms with Gasteiger partial charge in [0.15, 0.2) is 0 Å². The van der Waals surface area contributed by atoms with Gasteiger partial charge < -0.3 is 9.47 Å². The molecule has 3 nitrogen and oxygen atoms in total. The first-order chi connectivity index (χ1) is 9.79. The number of hydrogen-bond donors (Lipinski definition) is 0. The van der Waals surface area contributed by atoms with Crippen molar-refractivity contribution in [3.8, 4) is 11.5 Å². The first-order valence-corrected chi connectivity index (χ1v) is 6.87. The van der Waals surface area contributed by atoms with E-state index in [1.165, 1.54) is 0 Å². The van der Waals surface area contributed by atoms with Gasteiger partial charge in [0, 0.05) is 17.0 Å². The molecule has 0 spiro atoms. The first-order valence-electron chi connectivity index (χ1n) is 6.87. The van der Waals surface area contributed by atoms with Crippen LogP contribution in [0, 0.1) is 0 Å². The highest BCUT2D eigenvalue weighted by Crippen LogP contribution is 2.40. The lowest BCUT2D eigenvalue weighted by Crippen LogP contribution is -2.19. The van der Waals surface area contributed by atoms with Crippen molar-refractivity contribution < 1.29 is 14.3 Å². The second-order valence-corrected chi connectivity index (χ2v) is 4.87. The lowest BCUT2D eigenvalue weighted by molar-refractivity contribution is 0.149. The van der Waals surface area contributed by atoms with Crippen molar-refractivity contribution in [3.05, 3.63) is 59.7 Å². The monoisotopic (exact) mass is 268 g/mol. The van der Waals surface area contributed by atoms with Crippen molar-refractivity contribution in [3.63, 3.8) is 0 Å². The Bertz CT molecular complexity index is 582. The number of fused-ring (bicyclic) bond motifs is 2. The molecule has 0 radical (unpaired) electrons. The summed E-state index contributed by atoms with van der Waals surface area (Å²) >= 11 is 0. The van der Waals surface area contributed by atoms with Gasteiger partial charge in [0.05, 0.1) is 0 Å². The van der Waals surface area contributed by atoms with E-state index in [4.69, 9.17) is 9.47 Å². The van der Waals surface area contributed by atoms with Gasteiger partial charge in [-0.05, 0) is 18.6 Å². The number of carbonyl (C=O) groups is 1. The minimum atomic E-state index is -0.681. The van der Waals surface area contributed by atoms with E-state index in [0.29, 0.717) is 11.5 Å². The molecule has 1 aliphatic heterocycles. The maximum absolute atomic E-state index is 11.8. The molecule has 0 unspecified atom stereocenters. The van der Waals surface area contributed by atoms with Gasteiger partial charge >= 0.3 is 6.16 Å². The highest BCUT2D eigenvalue weighted by atomic mass is 16.7. The molecule has 2 aromatic carbocycles. The van der Waals surface area contributed by atoms with Crippen LogP contribution < -0.4 is 9.47 Å². The predicted molar refractivity (Wildman–Crippen MR) is 76.3 cm³/mol. The molecule has 1 heterocycles. The molecule has 0 atom stereocenters. The number of carbonyl (C=O) groups excluding carboxylic acids is 1. The number of rotatable bonds is 2. The van der Waals surface area contributed by atoms with Gasteiger partial charge in [-0.2, -0.15) is 0 Å². The van der Waals surface area contributed by atoms with Crippen LogP contribution in [0.3, 0.4) is 0 Å². The van der Waals surface area contributed by atoms with Crippen LogP contribution in [0.25, 0.3) is 0 Å². The van der Waals surface area contributed by atoms with Crippen LogP contribution in [0.15, 0.2) is 48.5 Å². The minimum Gasteiger partial charge on any atom is -0.394 e. The molecule has 0 amide bonds. The van der Waals surface area contributed by atoms with Crippen LogP contribution in [0.4, 0.5) is 4.79 Å².